The summed E-state index contributed by atoms with van der Waals surface area (Å²) in [7, 11) is 3.75. The summed E-state index contributed by atoms with van der Waals surface area (Å²) in [5, 5.41) is 5.96. The molecule has 1 unspecified atom stereocenters. The molecule has 0 aromatic heterocycles. The van der Waals surface area contributed by atoms with E-state index < -0.39 is 0 Å². The second-order valence-corrected chi connectivity index (χ2v) is 2.39. The third kappa shape index (κ3) is 6.01. The molecule has 0 radical (unpaired) electrons. The molecule has 1 atom stereocenters. The summed E-state index contributed by atoms with van der Waals surface area (Å²) in [4.78, 5) is 0. The van der Waals surface area contributed by atoms with Gasteiger partial charge in [0, 0.05) is 13.1 Å². The lowest BCUT2D eigenvalue weighted by atomic mass is 10.3. The highest BCUT2D eigenvalue weighted by Crippen LogP contribution is 1.91. The van der Waals surface area contributed by atoms with Gasteiger partial charge < -0.3 is 15.4 Å². The van der Waals surface area contributed by atoms with Crippen LogP contribution in [0.4, 0.5) is 0 Å². The number of ether oxygens (including phenoxy) is 1. The first kappa shape index (κ1) is 9.88. The average molecular weight is 146 g/mol. The lowest BCUT2D eigenvalue weighted by Crippen LogP contribution is -2.36. The van der Waals surface area contributed by atoms with Crippen molar-refractivity contribution >= 4 is 0 Å². The highest BCUT2D eigenvalue weighted by molar-refractivity contribution is 4.59. The Bertz CT molecular complexity index is 62.6. The molecule has 62 valence electrons. The van der Waals surface area contributed by atoms with E-state index in [4.69, 9.17) is 4.74 Å². The normalized spacial score (nSPS) is 24.9. The Morgan fingerprint density at radius 3 is 2.30 bits per heavy atom. The summed E-state index contributed by atoms with van der Waals surface area (Å²) in [6.07, 6.45) is 0.425. The van der Waals surface area contributed by atoms with Crippen LogP contribution >= 0.6 is 0 Å². The Morgan fingerprint density at radius 1 is 1.50 bits per heavy atom. The van der Waals surface area contributed by atoms with Crippen LogP contribution in [0.15, 0.2) is 0 Å². The highest BCUT2D eigenvalue weighted by Gasteiger charge is 2.04. The van der Waals surface area contributed by atoms with Crippen molar-refractivity contribution in [3.05, 3.63) is 0 Å². The van der Waals surface area contributed by atoms with Gasteiger partial charge in [0.2, 0.25) is 0 Å². The van der Waals surface area contributed by atoms with Crippen molar-refractivity contribution in [2.75, 3.05) is 33.8 Å². The standard InChI is InChI=1S/C5H11NO.C2H7N/c1-5-4-6-2-3-7-5;1-3-2/h5-6H,2-4H2,1H3;3H,1-2H3. The van der Waals surface area contributed by atoms with Crippen molar-refractivity contribution in [2.45, 2.75) is 13.0 Å². The Labute approximate surface area is 63.1 Å². The molecule has 0 aromatic carbocycles. The summed E-state index contributed by atoms with van der Waals surface area (Å²) < 4.78 is 5.22. The maximum atomic E-state index is 5.22. The average Bonchev–Trinajstić information content (AvgIpc) is 1.91. The van der Waals surface area contributed by atoms with Gasteiger partial charge in [-0.2, -0.15) is 0 Å². The topological polar surface area (TPSA) is 33.3 Å². The van der Waals surface area contributed by atoms with E-state index in [0.717, 1.165) is 19.7 Å². The van der Waals surface area contributed by atoms with Crippen LogP contribution in [-0.2, 0) is 4.74 Å². The Balaban J connectivity index is 0.000000236. The molecule has 3 heteroatoms. The maximum absolute atomic E-state index is 5.22. The fraction of sp³-hybridized carbons (Fsp3) is 1.00. The van der Waals surface area contributed by atoms with E-state index >= 15 is 0 Å². The van der Waals surface area contributed by atoms with Crippen LogP contribution in [0.25, 0.3) is 0 Å². The SMILES string of the molecule is CC1CNCCO1.CNC. The lowest BCUT2D eigenvalue weighted by Gasteiger charge is -2.18. The summed E-state index contributed by atoms with van der Waals surface area (Å²) in [5.74, 6) is 0. The molecule has 2 N–H and O–H groups in total. The molecule has 1 rings (SSSR count). The van der Waals surface area contributed by atoms with Gasteiger partial charge in [-0.3, -0.25) is 0 Å². The van der Waals surface area contributed by atoms with E-state index in [1.165, 1.54) is 0 Å². The first-order valence-corrected chi connectivity index (χ1v) is 3.72. The molecule has 1 heterocycles. The van der Waals surface area contributed by atoms with Gasteiger partial charge in [0.1, 0.15) is 0 Å². The molecular weight excluding hydrogens is 128 g/mol. The van der Waals surface area contributed by atoms with Crippen molar-refractivity contribution in [1.29, 1.82) is 0 Å². The van der Waals surface area contributed by atoms with E-state index in [1.54, 1.807) is 0 Å². The summed E-state index contributed by atoms with van der Waals surface area (Å²) in [5.41, 5.74) is 0. The number of rotatable bonds is 0. The number of hydrogen-bond donors (Lipinski definition) is 2. The molecule has 10 heavy (non-hydrogen) atoms. The van der Waals surface area contributed by atoms with E-state index in [9.17, 15) is 0 Å². The van der Waals surface area contributed by atoms with Gasteiger partial charge in [-0.15, -0.1) is 0 Å². The third-order valence-electron chi connectivity index (χ3n) is 1.11. The van der Waals surface area contributed by atoms with Crippen LogP contribution in [0.1, 0.15) is 6.92 Å². The fourth-order valence-corrected chi connectivity index (χ4v) is 0.697. The zero-order chi connectivity index (χ0) is 7.82. The van der Waals surface area contributed by atoms with Crippen LogP contribution in [0, 0.1) is 0 Å². The summed E-state index contributed by atoms with van der Waals surface area (Å²) >= 11 is 0. The van der Waals surface area contributed by atoms with Crippen LogP contribution in [0.5, 0.6) is 0 Å². The second-order valence-electron chi connectivity index (χ2n) is 2.39. The molecule has 0 amide bonds. The molecule has 3 nitrogen and oxygen atoms in total. The smallest absolute Gasteiger partial charge is 0.0672 e. The van der Waals surface area contributed by atoms with Crippen molar-refractivity contribution in [1.82, 2.24) is 10.6 Å². The minimum atomic E-state index is 0.425. The molecule has 0 bridgehead atoms. The predicted octanol–water partition coefficient (Wildman–Crippen LogP) is -0.170. The zero-order valence-corrected chi connectivity index (χ0v) is 7.11. The molecule has 1 aliphatic heterocycles. The number of nitrogens with one attached hydrogen (secondary N) is 2. The van der Waals surface area contributed by atoms with Crippen LogP contribution < -0.4 is 10.6 Å². The van der Waals surface area contributed by atoms with E-state index in [2.05, 4.69) is 17.6 Å². The molecule has 1 aliphatic rings. The quantitative estimate of drug-likeness (QED) is 0.498. The van der Waals surface area contributed by atoms with Gasteiger partial charge in [-0.25, -0.2) is 0 Å². The minimum Gasteiger partial charge on any atom is -0.376 e. The Hall–Kier alpha value is -0.120. The van der Waals surface area contributed by atoms with Gasteiger partial charge in [-0.1, -0.05) is 0 Å². The number of morpholine rings is 1. The predicted molar refractivity (Wildman–Crippen MR) is 43.3 cm³/mol. The lowest BCUT2D eigenvalue weighted by molar-refractivity contribution is 0.0410. The van der Waals surface area contributed by atoms with E-state index in [0.29, 0.717) is 6.10 Å². The van der Waals surface area contributed by atoms with Crippen LogP contribution in [0.3, 0.4) is 0 Å². The van der Waals surface area contributed by atoms with Gasteiger partial charge in [0.25, 0.3) is 0 Å². The maximum Gasteiger partial charge on any atom is 0.0672 e. The molecule has 0 spiro atoms. The largest absolute Gasteiger partial charge is 0.376 e. The number of hydrogen-bond acceptors (Lipinski definition) is 3. The summed E-state index contributed by atoms with van der Waals surface area (Å²) in [6.45, 7) is 4.98. The molecule has 0 aromatic rings. The molecule has 0 saturated carbocycles. The van der Waals surface area contributed by atoms with Crippen molar-refractivity contribution < 1.29 is 4.74 Å². The highest BCUT2D eigenvalue weighted by atomic mass is 16.5. The van der Waals surface area contributed by atoms with Gasteiger partial charge >= 0.3 is 0 Å². The first-order valence-electron chi connectivity index (χ1n) is 3.72. The third-order valence-corrected chi connectivity index (χ3v) is 1.11. The first-order chi connectivity index (χ1) is 4.81. The van der Waals surface area contributed by atoms with Gasteiger partial charge in [0.05, 0.1) is 12.7 Å². The minimum absolute atomic E-state index is 0.425. The second kappa shape index (κ2) is 6.99. The van der Waals surface area contributed by atoms with E-state index in [-0.39, 0.29) is 0 Å². The molecule has 1 fully saturated rings. The van der Waals surface area contributed by atoms with E-state index in [1.807, 2.05) is 14.1 Å². The Kier molecular flexibility index (Phi) is 6.91. The van der Waals surface area contributed by atoms with Crippen molar-refractivity contribution in [2.24, 2.45) is 0 Å². The fourth-order valence-electron chi connectivity index (χ4n) is 0.697. The van der Waals surface area contributed by atoms with Gasteiger partial charge in [-0.05, 0) is 21.0 Å². The molecule has 0 aliphatic carbocycles. The van der Waals surface area contributed by atoms with Crippen molar-refractivity contribution in [3.63, 3.8) is 0 Å². The molecule has 1 saturated heterocycles. The van der Waals surface area contributed by atoms with Crippen molar-refractivity contribution in [3.8, 4) is 0 Å². The van der Waals surface area contributed by atoms with Crippen LogP contribution in [0.2, 0.25) is 0 Å². The molecular formula is C7H18N2O. The Morgan fingerprint density at radius 2 is 2.10 bits per heavy atom. The zero-order valence-electron chi connectivity index (χ0n) is 7.11. The summed E-state index contributed by atoms with van der Waals surface area (Å²) in [6, 6.07) is 0. The van der Waals surface area contributed by atoms with Crippen LogP contribution in [-0.4, -0.2) is 39.9 Å². The van der Waals surface area contributed by atoms with Gasteiger partial charge in [0.15, 0.2) is 0 Å². The monoisotopic (exact) mass is 146 g/mol.